The van der Waals surface area contributed by atoms with E-state index in [2.05, 4.69) is 29.5 Å². The zero-order valence-corrected chi connectivity index (χ0v) is 8.63. The standard InChI is InChI=1S/C9H15N3O2/c1-5(2)4-6(3)10-9-11-7(13)8(14)12-9/h5-6H,4H2,1-3H3,(H2,10,11,12,13,14). The van der Waals surface area contributed by atoms with E-state index in [9.17, 15) is 9.59 Å². The zero-order valence-electron chi connectivity index (χ0n) is 8.63. The number of carbonyl (C=O) groups is 2. The molecule has 0 aromatic carbocycles. The molecule has 1 saturated heterocycles. The zero-order chi connectivity index (χ0) is 10.7. The van der Waals surface area contributed by atoms with Gasteiger partial charge >= 0.3 is 11.8 Å². The van der Waals surface area contributed by atoms with Gasteiger partial charge in [-0.3, -0.25) is 20.2 Å². The first kappa shape index (κ1) is 10.7. The highest BCUT2D eigenvalue weighted by Crippen LogP contribution is 2.07. The Hall–Kier alpha value is -1.39. The van der Waals surface area contributed by atoms with Crippen LogP contribution in [0.2, 0.25) is 0 Å². The van der Waals surface area contributed by atoms with Gasteiger partial charge in [-0.05, 0) is 19.3 Å². The van der Waals surface area contributed by atoms with E-state index in [1.54, 1.807) is 0 Å². The molecule has 1 unspecified atom stereocenters. The topological polar surface area (TPSA) is 70.6 Å². The van der Waals surface area contributed by atoms with Crippen molar-refractivity contribution in [1.29, 1.82) is 0 Å². The van der Waals surface area contributed by atoms with Gasteiger partial charge in [0.25, 0.3) is 0 Å². The summed E-state index contributed by atoms with van der Waals surface area (Å²) >= 11 is 0. The number of hydrogen-bond acceptors (Lipinski definition) is 3. The van der Waals surface area contributed by atoms with E-state index < -0.39 is 11.8 Å². The van der Waals surface area contributed by atoms with Crippen LogP contribution < -0.4 is 10.6 Å². The van der Waals surface area contributed by atoms with Gasteiger partial charge in [-0.15, -0.1) is 0 Å². The molecule has 78 valence electrons. The largest absolute Gasteiger partial charge is 0.316 e. The molecule has 2 amide bonds. The van der Waals surface area contributed by atoms with E-state index in [1.165, 1.54) is 0 Å². The molecule has 5 nitrogen and oxygen atoms in total. The van der Waals surface area contributed by atoms with Gasteiger partial charge in [0.2, 0.25) is 5.96 Å². The molecular weight excluding hydrogens is 182 g/mol. The summed E-state index contributed by atoms with van der Waals surface area (Å²) in [5.41, 5.74) is 0. The van der Waals surface area contributed by atoms with Gasteiger partial charge in [0.1, 0.15) is 0 Å². The second-order valence-electron chi connectivity index (χ2n) is 3.86. The van der Waals surface area contributed by atoms with Crippen LogP contribution in [0.25, 0.3) is 0 Å². The number of nitrogens with zero attached hydrogens (tertiary/aromatic N) is 1. The highest BCUT2D eigenvalue weighted by molar-refractivity contribution is 6.45. The smallest absolute Gasteiger partial charge is 0.288 e. The van der Waals surface area contributed by atoms with Crippen molar-refractivity contribution in [1.82, 2.24) is 10.6 Å². The first-order valence-electron chi connectivity index (χ1n) is 4.69. The SMILES string of the molecule is CC(C)CC(C)N=C1NC(=O)C(=O)N1. The maximum absolute atomic E-state index is 10.8. The minimum Gasteiger partial charge on any atom is -0.288 e. The summed E-state index contributed by atoms with van der Waals surface area (Å²) in [4.78, 5) is 25.7. The van der Waals surface area contributed by atoms with E-state index in [0.717, 1.165) is 6.42 Å². The molecule has 0 saturated carbocycles. The van der Waals surface area contributed by atoms with Gasteiger partial charge in [-0.1, -0.05) is 13.8 Å². The predicted octanol–water partition coefficient (Wildman–Crippen LogP) is 0.0230. The van der Waals surface area contributed by atoms with Crippen LogP contribution in [0.1, 0.15) is 27.2 Å². The first-order valence-corrected chi connectivity index (χ1v) is 4.69. The summed E-state index contributed by atoms with van der Waals surface area (Å²) in [6.07, 6.45) is 0.926. The Morgan fingerprint density at radius 2 is 1.64 bits per heavy atom. The van der Waals surface area contributed by atoms with Crippen LogP contribution in [0.3, 0.4) is 0 Å². The molecule has 0 radical (unpaired) electrons. The monoisotopic (exact) mass is 197 g/mol. The van der Waals surface area contributed by atoms with Crippen molar-refractivity contribution >= 4 is 17.8 Å². The van der Waals surface area contributed by atoms with Gasteiger partial charge in [0.05, 0.1) is 6.04 Å². The van der Waals surface area contributed by atoms with E-state index >= 15 is 0 Å². The van der Waals surface area contributed by atoms with Crippen molar-refractivity contribution < 1.29 is 9.59 Å². The number of guanidine groups is 1. The summed E-state index contributed by atoms with van der Waals surface area (Å²) < 4.78 is 0. The van der Waals surface area contributed by atoms with Crippen molar-refractivity contribution in [2.24, 2.45) is 10.9 Å². The van der Waals surface area contributed by atoms with Crippen molar-refractivity contribution in [3.8, 4) is 0 Å². The number of nitrogens with one attached hydrogen (secondary N) is 2. The summed E-state index contributed by atoms with van der Waals surface area (Å²) in [6.45, 7) is 6.15. The molecule has 1 rings (SSSR count). The lowest BCUT2D eigenvalue weighted by Crippen LogP contribution is -2.27. The minimum absolute atomic E-state index is 0.101. The van der Waals surface area contributed by atoms with E-state index in [4.69, 9.17) is 0 Å². The summed E-state index contributed by atoms with van der Waals surface area (Å²) in [5.74, 6) is -0.462. The Morgan fingerprint density at radius 1 is 1.14 bits per heavy atom. The van der Waals surface area contributed by atoms with Crippen LogP contribution in [0.5, 0.6) is 0 Å². The second-order valence-corrected chi connectivity index (χ2v) is 3.86. The molecule has 1 heterocycles. The molecular formula is C9H15N3O2. The third-order valence-electron chi connectivity index (χ3n) is 1.83. The van der Waals surface area contributed by atoms with Crippen LogP contribution in [0, 0.1) is 5.92 Å². The van der Waals surface area contributed by atoms with Gasteiger partial charge in [-0.25, -0.2) is 4.99 Å². The molecule has 0 bridgehead atoms. The van der Waals surface area contributed by atoms with Crippen LogP contribution in [-0.2, 0) is 9.59 Å². The maximum Gasteiger partial charge on any atom is 0.316 e. The Kier molecular flexibility index (Phi) is 3.22. The van der Waals surface area contributed by atoms with Crippen molar-refractivity contribution in [2.45, 2.75) is 33.2 Å². The predicted molar refractivity (Wildman–Crippen MR) is 52.6 cm³/mol. The third kappa shape index (κ3) is 2.83. The number of aliphatic imine (C=N–C) groups is 1. The fourth-order valence-electron chi connectivity index (χ4n) is 1.38. The van der Waals surface area contributed by atoms with Gasteiger partial charge in [0, 0.05) is 0 Å². The third-order valence-corrected chi connectivity index (χ3v) is 1.83. The van der Waals surface area contributed by atoms with Crippen LogP contribution >= 0.6 is 0 Å². The van der Waals surface area contributed by atoms with Crippen LogP contribution in [0.4, 0.5) is 0 Å². The average Bonchev–Trinajstić information content (AvgIpc) is 2.28. The molecule has 0 aromatic heterocycles. The van der Waals surface area contributed by atoms with Crippen molar-refractivity contribution in [2.75, 3.05) is 0 Å². The van der Waals surface area contributed by atoms with Gasteiger partial charge < -0.3 is 0 Å². The lowest BCUT2D eigenvalue weighted by molar-refractivity contribution is -0.135. The molecule has 14 heavy (non-hydrogen) atoms. The molecule has 2 N–H and O–H groups in total. The normalized spacial score (nSPS) is 18.1. The maximum atomic E-state index is 10.8. The number of amides is 2. The average molecular weight is 197 g/mol. The minimum atomic E-state index is -0.638. The Morgan fingerprint density at radius 3 is 2.07 bits per heavy atom. The quantitative estimate of drug-likeness (QED) is 0.626. The summed E-state index contributed by atoms with van der Waals surface area (Å²) in [7, 11) is 0. The first-order chi connectivity index (χ1) is 6.49. The number of hydrogen-bond donors (Lipinski definition) is 2. The Labute approximate surface area is 83.0 Å². The fraction of sp³-hybridized carbons (Fsp3) is 0.667. The Balaban J connectivity index is 2.53. The highest BCUT2D eigenvalue weighted by atomic mass is 16.2. The fourth-order valence-corrected chi connectivity index (χ4v) is 1.38. The highest BCUT2D eigenvalue weighted by Gasteiger charge is 2.25. The number of rotatable bonds is 3. The Bertz CT molecular complexity index is 266. The van der Waals surface area contributed by atoms with Crippen LogP contribution in [-0.4, -0.2) is 23.8 Å². The van der Waals surface area contributed by atoms with Gasteiger partial charge in [0.15, 0.2) is 0 Å². The molecule has 1 aliphatic heterocycles. The molecule has 1 atom stereocenters. The van der Waals surface area contributed by atoms with E-state index in [1.807, 2.05) is 6.92 Å². The molecule has 5 heteroatoms. The molecule has 1 aliphatic rings. The lowest BCUT2D eigenvalue weighted by Gasteiger charge is -2.09. The molecule has 0 spiro atoms. The number of carbonyl (C=O) groups excluding carboxylic acids is 2. The van der Waals surface area contributed by atoms with E-state index in [0.29, 0.717) is 5.92 Å². The summed E-state index contributed by atoms with van der Waals surface area (Å²) in [5, 5.41) is 4.72. The van der Waals surface area contributed by atoms with Gasteiger partial charge in [-0.2, -0.15) is 0 Å². The molecule has 0 aliphatic carbocycles. The summed E-state index contributed by atoms with van der Waals surface area (Å²) in [6, 6.07) is 0.101. The van der Waals surface area contributed by atoms with E-state index in [-0.39, 0.29) is 12.0 Å². The van der Waals surface area contributed by atoms with Crippen molar-refractivity contribution in [3.63, 3.8) is 0 Å². The second kappa shape index (κ2) is 4.21. The van der Waals surface area contributed by atoms with Crippen LogP contribution in [0.15, 0.2) is 4.99 Å². The lowest BCUT2D eigenvalue weighted by atomic mass is 10.1. The molecule has 0 aromatic rings. The molecule has 1 fully saturated rings. The van der Waals surface area contributed by atoms with Crippen molar-refractivity contribution in [3.05, 3.63) is 0 Å².